The standard InChI is InChI=1S/C25H29F5N4O4Si/c1-39(2,3)9-8-37-14-34-12-16(25(28,29)30)20-19(4-7-31-22(20)34)38-21-17(26)10-15(11-18(21)27)33-23(35)32-13-24(36)5-6-24/h4,7,10-12,36H,5-6,8-9,13-14H2,1-3H3,(H2,32,33,35). The Morgan fingerprint density at radius 3 is 2.46 bits per heavy atom. The number of aliphatic hydroxyl groups is 1. The number of carbonyl (C=O) groups is 1. The molecule has 0 radical (unpaired) electrons. The van der Waals surface area contributed by atoms with E-state index in [9.17, 15) is 31.9 Å². The lowest BCUT2D eigenvalue weighted by Crippen LogP contribution is -2.36. The predicted octanol–water partition coefficient (Wildman–Crippen LogP) is 6.08. The lowest BCUT2D eigenvalue weighted by Gasteiger charge is -2.15. The van der Waals surface area contributed by atoms with Gasteiger partial charge >= 0.3 is 12.2 Å². The number of amides is 2. The number of benzene rings is 1. The molecule has 0 bridgehead atoms. The van der Waals surface area contributed by atoms with Crippen molar-refractivity contribution >= 4 is 30.8 Å². The molecule has 2 heterocycles. The summed E-state index contributed by atoms with van der Waals surface area (Å²) in [4.78, 5) is 16.0. The Labute approximate surface area is 222 Å². The molecule has 8 nitrogen and oxygen atoms in total. The van der Waals surface area contributed by atoms with Crippen molar-refractivity contribution in [3.63, 3.8) is 0 Å². The van der Waals surface area contributed by atoms with Crippen LogP contribution in [0.3, 0.4) is 0 Å². The minimum Gasteiger partial charge on any atom is -0.450 e. The van der Waals surface area contributed by atoms with Crippen LogP contribution in [0.1, 0.15) is 18.4 Å². The Hall–Kier alpha value is -3.23. The van der Waals surface area contributed by atoms with Gasteiger partial charge in [-0.15, -0.1) is 0 Å². The van der Waals surface area contributed by atoms with E-state index in [1.165, 1.54) is 10.8 Å². The fourth-order valence-electron chi connectivity index (χ4n) is 3.71. The highest BCUT2D eigenvalue weighted by molar-refractivity contribution is 6.76. The molecule has 4 rings (SSSR count). The van der Waals surface area contributed by atoms with Crippen LogP contribution in [0, 0.1) is 11.6 Å². The number of fused-ring (bicyclic) bond motifs is 1. The fraction of sp³-hybridized carbons (Fsp3) is 0.440. The van der Waals surface area contributed by atoms with Crippen molar-refractivity contribution < 1.29 is 41.3 Å². The quantitative estimate of drug-likeness (QED) is 0.155. The molecule has 1 aliphatic carbocycles. The Morgan fingerprint density at radius 2 is 1.87 bits per heavy atom. The zero-order valence-corrected chi connectivity index (χ0v) is 22.6. The lowest BCUT2D eigenvalue weighted by atomic mass is 10.2. The number of anilines is 1. The summed E-state index contributed by atoms with van der Waals surface area (Å²) in [6.45, 7) is 6.57. The van der Waals surface area contributed by atoms with Gasteiger partial charge in [0.25, 0.3) is 0 Å². The van der Waals surface area contributed by atoms with E-state index in [1.54, 1.807) is 0 Å². The third-order valence-corrected chi connectivity index (χ3v) is 7.83. The number of pyridine rings is 1. The van der Waals surface area contributed by atoms with E-state index >= 15 is 0 Å². The molecule has 1 aromatic carbocycles. The molecule has 3 aromatic rings. The van der Waals surface area contributed by atoms with Crippen LogP contribution in [-0.4, -0.2) is 47.5 Å². The summed E-state index contributed by atoms with van der Waals surface area (Å²) in [6, 6.07) is 2.64. The maximum atomic E-state index is 14.8. The molecule has 2 aromatic heterocycles. The summed E-state index contributed by atoms with van der Waals surface area (Å²) in [7, 11) is -1.42. The average molecular weight is 573 g/mol. The summed E-state index contributed by atoms with van der Waals surface area (Å²) in [5.74, 6) is -3.91. The van der Waals surface area contributed by atoms with E-state index < -0.39 is 60.0 Å². The van der Waals surface area contributed by atoms with Gasteiger partial charge in [-0.05, 0) is 25.0 Å². The van der Waals surface area contributed by atoms with Gasteiger partial charge in [-0.25, -0.2) is 18.6 Å². The molecule has 3 N–H and O–H groups in total. The predicted molar refractivity (Wildman–Crippen MR) is 136 cm³/mol. The number of halogens is 5. The molecule has 2 amide bonds. The molecule has 0 unspecified atom stereocenters. The monoisotopic (exact) mass is 572 g/mol. The van der Waals surface area contributed by atoms with Crippen LogP contribution >= 0.6 is 0 Å². The van der Waals surface area contributed by atoms with Crippen LogP contribution in [0.25, 0.3) is 11.0 Å². The molecular weight excluding hydrogens is 543 g/mol. The maximum Gasteiger partial charge on any atom is 0.418 e. The summed E-state index contributed by atoms with van der Waals surface area (Å²) < 4.78 is 83.5. The van der Waals surface area contributed by atoms with Gasteiger partial charge in [-0.3, -0.25) is 0 Å². The van der Waals surface area contributed by atoms with Gasteiger partial charge < -0.3 is 29.8 Å². The lowest BCUT2D eigenvalue weighted by molar-refractivity contribution is -0.136. The minimum atomic E-state index is -4.81. The normalized spacial score (nSPS) is 14.9. The van der Waals surface area contributed by atoms with Crippen LogP contribution in [0.15, 0.2) is 30.6 Å². The van der Waals surface area contributed by atoms with E-state index in [4.69, 9.17) is 9.47 Å². The number of hydrogen-bond donors (Lipinski definition) is 3. The average Bonchev–Trinajstić information content (AvgIpc) is 3.43. The number of ether oxygens (including phenoxy) is 2. The number of aromatic nitrogens is 2. The highest BCUT2D eigenvalue weighted by Crippen LogP contribution is 2.42. The second kappa shape index (κ2) is 10.7. The van der Waals surface area contributed by atoms with Crippen LogP contribution in [0.4, 0.5) is 32.4 Å². The molecular formula is C25H29F5N4O4Si. The van der Waals surface area contributed by atoms with Crippen LogP contribution in [0.5, 0.6) is 11.5 Å². The van der Waals surface area contributed by atoms with Gasteiger partial charge in [0.1, 0.15) is 18.1 Å². The number of hydrogen-bond acceptors (Lipinski definition) is 5. The van der Waals surface area contributed by atoms with E-state index in [1.807, 2.05) is 0 Å². The van der Waals surface area contributed by atoms with Crippen molar-refractivity contribution in [1.82, 2.24) is 14.9 Å². The Morgan fingerprint density at radius 1 is 1.21 bits per heavy atom. The van der Waals surface area contributed by atoms with E-state index in [0.29, 0.717) is 19.4 Å². The fourth-order valence-corrected chi connectivity index (χ4v) is 4.46. The van der Waals surface area contributed by atoms with Crippen molar-refractivity contribution in [3.05, 3.63) is 47.8 Å². The van der Waals surface area contributed by atoms with Gasteiger partial charge in [0.2, 0.25) is 0 Å². The zero-order valence-electron chi connectivity index (χ0n) is 21.6. The second-order valence-electron chi connectivity index (χ2n) is 10.8. The Bertz CT molecular complexity index is 1350. The van der Waals surface area contributed by atoms with Crippen LogP contribution < -0.4 is 15.4 Å². The maximum absolute atomic E-state index is 14.8. The summed E-state index contributed by atoms with van der Waals surface area (Å²) in [5.41, 5.74) is -2.44. The first kappa shape index (κ1) is 28.8. The number of carbonyl (C=O) groups excluding carboxylic acids is 1. The Kier molecular flexibility index (Phi) is 7.92. The number of alkyl halides is 3. The minimum absolute atomic E-state index is 0.0203. The molecule has 0 spiro atoms. The topological polar surface area (TPSA) is 97.6 Å². The highest BCUT2D eigenvalue weighted by atomic mass is 28.3. The smallest absolute Gasteiger partial charge is 0.418 e. The first-order valence-electron chi connectivity index (χ1n) is 12.2. The zero-order chi connectivity index (χ0) is 28.6. The molecule has 0 saturated heterocycles. The van der Waals surface area contributed by atoms with Crippen molar-refractivity contribution in [2.24, 2.45) is 0 Å². The molecule has 0 atom stereocenters. The van der Waals surface area contributed by atoms with Crippen molar-refractivity contribution in [2.45, 2.75) is 57.0 Å². The summed E-state index contributed by atoms with van der Waals surface area (Å²) >= 11 is 0. The van der Waals surface area contributed by atoms with Crippen molar-refractivity contribution in [1.29, 1.82) is 0 Å². The van der Waals surface area contributed by atoms with Gasteiger partial charge in [0, 0.05) is 51.4 Å². The van der Waals surface area contributed by atoms with Gasteiger partial charge in [0.15, 0.2) is 17.4 Å². The first-order chi connectivity index (χ1) is 18.2. The molecule has 1 aliphatic rings. The summed E-state index contributed by atoms with van der Waals surface area (Å²) in [5, 5.41) is 13.9. The molecule has 212 valence electrons. The largest absolute Gasteiger partial charge is 0.450 e. The highest BCUT2D eigenvalue weighted by Gasteiger charge is 2.40. The Balaban J connectivity index is 1.57. The second-order valence-corrected chi connectivity index (χ2v) is 16.4. The number of nitrogens with one attached hydrogen (secondary N) is 2. The van der Waals surface area contributed by atoms with Gasteiger partial charge in [-0.2, -0.15) is 13.2 Å². The van der Waals surface area contributed by atoms with Gasteiger partial charge in [-0.1, -0.05) is 19.6 Å². The third-order valence-electron chi connectivity index (χ3n) is 6.12. The van der Waals surface area contributed by atoms with Crippen molar-refractivity contribution in [2.75, 3.05) is 18.5 Å². The molecule has 14 heteroatoms. The summed E-state index contributed by atoms with van der Waals surface area (Å²) in [6.07, 6.45) is -1.74. The number of rotatable bonds is 10. The van der Waals surface area contributed by atoms with E-state index in [-0.39, 0.29) is 24.6 Å². The molecule has 1 fully saturated rings. The van der Waals surface area contributed by atoms with E-state index in [2.05, 4.69) is 35.3 Å². The number of nitrogens with zero attached hydrogens (tertiary/aromatic N) is 2. The first-order valence-corrected chi connectivity index (χ1v) is 15.9. The molecule has 0 aliphatic heterocycles. The van der Waals surface area contributed by atoms with Crippen LogP contribution in [0.2, 0.25) is 25.7 Å². The third kappa shape index (κ3) is 7.25. The molecule has 39 heavy (non-hydrogen) atoms. The van der Waals surface area contributed by atoms with Gasteiger partial charge in [0.05, 0.1) is 16.6 Å². The molecule has 1 saturated carbocycles. The number of urea groups is 1. The SMILES string of the molecule is C[Si](C)(C)CCOCn1cc(C(F)(F)F)c2c(Oc3c(F)cc(NC(=O)NCC4(O)CC4)cc3F)ccnc21. The van der Waals surface area contributed by atoms with Crippen molar-refractivity contribution in [3.8, 4) is 11.5 Å². The van der Waals surface area contributed by atoms with E-state index in [0.717, 1.165) is 30.4 Å². The van der Waals surface area contributed by atoms with Crippen LogP contribution in [-0.2, 0) is 17.6 Å².